The van der Waals surface area contributed by atoms with Crippen LogP contribution in [0.1, 0.15) is 43.2 Å². The van der Waals surface area contributed by atoms with E-state index in [0.717, 1.165) is 31.6 Å². The standard InChI is InChI=1S/C22H27N2/c1-3-10-21(18(6-1)15-23-14-17-12-13-17)22-11-4-2-7-19(22)16-24-20-8-5-9-20/h1-4,7,10-11,17,20,23-24H,5,8-9,12-16H2. The van der Waals surface area contributed by atoms with E-state index >= 15 is 0 Å². The van der Waals surface area contributed by atoms with Gasteiger partial charge in [0.15, 0.2) is 0 Å². The second-order valence-electron chi connectivity index (χ2n) is 7.30. The molecular weight excluding hydrogens is 292 g/mol. The van der Waals surface area contributed by atoms with Gasteiger partial charge in [-0.25, -0.2) is 0 Å². The fourth-order valence-corrected chi connectivity index (χ4v) is 3.40. The summed E-state index contributed by atoms with van der Waals surface area (Å²) in [6.45, 7) is 3.02. The van der Waals surface area contributed by atoms with E-state index in [4.69, 9.17) is 0 Å². The first-order valence-corrected chi connectivity index (χ1v) is 9.42. The lowest BCUT2D eigenvalue weighted by Gasteiger charge is -2.27. The Morgan fingerprint density at radius 3 is 2.54 bits per heavy atom. The van der Waals surface area contributed by atoms with Crippen LogP contribution in [0, 0.1) is 12.0 Å². The maximum absolute atomic E-state index is 3.71. The molecule has 0 atom stereocenters. The Hall–Kier alpha value is -1.64. The van der Waals surface area contributed by atoms with Crippen LogP contribution in [0.3, 0.4) is 0 Å². The molecule has 2 N–H and O–H groups in total. The first kappa shape index (κ1) is 15.9. The third kappa shape index (κ3) is 3.88. The zero-order valence-corrected chi connectivity index (χ0v) is 14.4. The fourth-order valence-electron chi connectivity index (χ4n) is 3.40. The predicted molar refractivity (Wildman–Crippen MR) is 99.6 cm³/mol. The molecule has 2 saturated carbocycles. The van der Waals surface area contributed by atoms with Gasteiger partial charge in [-0.15, -0.1) is 0 Å². The lowest BCUT2D eigenvalue weighted by molar-refractivity contribution is 0.338. The summed E-state index contributed by atoms with van der Waals surface area (Å²) in [6.07, 6.45) is 6.83. The van der Waals surface area contributed by atoms with E-state index in [2.05, 4.69) is 53.1 Å². The molecule has 2 nitrogen and oxygen atoms in total. The third-order valence-electron chi connectivity index (χ3n) is 5.37. The maximum atomic E-state index is 3.71. The Morgan fingerprint density at radius 1 is 0.917 bits per heavy atom. The van der Waals surface area contributed by atoms with Gasteiger partial charge in [-0.05, 0) is 66.5 Å². The van der Waals surface area contributed by atoms with E-state index in [9.17, 15) is 0 Å². The van der Waals surface area contributed by atoms with Crippen molar-refractivity contribution in [3.05, 3.63) is 59.7 Å². The highest BCUT2D eigenvalue weighted by Gasteiger charge is 2.20. The van der Waals surface area contributed by atoms with Crippen molar-refractivity contribution < 1.29 is 0 Å². The van der Waals surface area contributed by atoms with Crippen molar-refractivity contribution in [2.75, 3.05) is 6.54 Å². The Kier molecular flexibility index (Phi) is 4.96. The minimum atomic E-state index is 0.722. The Balaban J connectivity index is 1.51. The molecule has 2 aliphatic rings. The van der Waals surface area contributed by atoms with Gasteiger partial charge in [0.1, 0.15) is 0 Å². The summed E-state index contributed by atoms with van der Waals surface area (Å²) in [5.74, 6) is 0.913. The number of benzene rings is 2. The van der Waals surface area contributed by atoms with E-state index in [1.165, 1.54) is 54.4 Å². The van der Waals surface area contributed by atoms with Crippen molar-refractivity contribution in [1.82, 2.24) is 10.6 Å². The lowest BCUT2D eigenvalue weighted by Crippen LogP contribution is -2.34. The normalized spacial score (nSPS) is 17.7. The molecule has 125 valence electrons. The summed E-state index contributed by atoms with van der Waals surface area (Å²) in [4.78, 5) is 0. The zero-order chi connectivity index (χ0) is 16.2. The predicted octanol–water partition coefficient (Wildman–Crippen LogP) is 4.30. The van der Waals surface area contributed by atoms with Gasteiger partial charge >= 0.3 is 0 Å². The monoisotopic (exact) mass is 319 g/mol. The van der Waals surface area contributed by atoms with Crippen molar-refractivity contribution in [3.8, 4) is 11.1 Å². The van der Waals surface area contributed by atoms with Crippen molar-refractivity contribution in [2.24, 2.45) is 5.92 Å². The summed E-state index contributed by atoms with van der Waals surface area (Å²) in [6, 6.07) is 19.4. The summed E-state index contributed by atoms with van der Waals surface area (Å²) in [5, 5.41) is 7.32. The molecule has 0 saturated heterocycles. The summed E-state index contributed by atoms with van der Waals surface area (Å²) >= 11 is 0. The molecule has 2 aliphatic carbocycles. The molecule has 0 bridgehead atoms. The molecule has 4 rings (SSSR count). The minimum Gasteiger partial charge on any atom is -0.312 e. The van der Waals surface area contributed by atoms with Crippen LogP contribution in [0.5, 0.6) is 0 Å². The molecule has 0 heterocycles. The number of nitrogens with one attached hydrogen (secondary N) is 2. The molecule has 0 aliphatic heterocycles. The van der Waals surface area contributed by atoms with Crippen LogP contribution in [-0.2, 0) is 13.1 Å². The van der Waals surface area contributed by atoms with Gasteiger partial charge in [-0.2, -0.15) is 0 Å². The molecule has 2 fully saturated rings. The highest BCUT2D eigenvalue weighted by Crippen LogP contribution is 2.29. The molecule has 2 aromatic rings. The Morgan fingerprint density at radius 2 is 1.75 bits per heavy atom. The Labute approximate surface area is 145 Å². The van der Waals surface area contributed by atoms with Gasteiger partial charge in [0, 0.05) is 19.1 Å². The average Bonchev–Trinajstić information content (AvgIpc) is 3.39. The van der Waals surface area contributed by atoms with Gasteiger partial charge in [0.25, 0.3) is 0 Å². The molecule has 2 heteroatoms. The van der Waals surface area contributed by atoms with Crippen LogP contribution in [0.25, 0.3) is 11.1 Å². The minimum absolute atomic E-state index is 0.722. The van der Waals surface area contributed by atoms with Crippen molar-refractivity contribution in [3.63, 3.8) is 0 Å². The van der Waals surface area contributed by atoms with Gasteiger partial charge < -0.3 is 10.6 Å². The number of hydrogen-bond acceptors (Lipinski definition) is 2. The van der Waals surface area contributed by atoms with Crippen molar-refractivity contribution >= 4 is 0 Å². The second kappa shape index (κ2) is 7.50. The highest BCUT2D eigenvalue weighted by molar-refractivity contribution is 5.70. The third-order valence-corrected chi connectivity index (χ3v) is 5.37. The molecule has 1 radical (unpaired) electrons. The highest BCUT2D eigenvalue weighted by atomic mass is 14.9. The van der Waals surface area contributed by atoms with Gasteiger partial charge in [-0.1, -0.05) is 48.9 Å². The summed E-state index contributed by atoms with van der Waals surface area (Å²) in [7, 11) is 0. The molecular formula is C22H27N2. The SMILES string of the molecule is [c]1cccc(-c2ccccc2CNC2CCC2)c1CNCC1CC1. The van der Waals surface area contributed by atoms with E-state index in [1.54, 1.807) is 0 Å². The van der Waals surface area contributed by atoms with Gasteiger partial charge in [0.05, 0.1) is 0 Å². The molecule has 0 amide bonds. The van der Waals surface area contributed by atoms with Crippen LogP contribution in [0.2, 0.25) is 0 Å². The van der Waals surface area contributed by atoms with Crippen molar-refractivity contribution in [1.29, 1.82) is 0 Å². The maximum Gasteiger partial charge on any atom is 0.0217 e. The number of hydrogen-bond donors (Lipinski definition) is 2. The zero-order valence-electron chi connectivity index (χ0n) is 14.4. The van der Waals surface area contributed by atoms with E-state index in [0.29, 0.717) is 0 Å². The molecule has 0 unspecified atom stereocenters. The smallest absolute Gasteiger partial charge is 0.0217 e. The molecule has 24 heavy (non-hydrogen) atoms. The quantitative estimate of drug-likeness (QED) is 0.758. The summed E-state index contributed by atoms with van der Waals surface area (Å²) in [5.41, 5.74) is 5.36. The molecule has 0 spiro atoms. The summed E-state index contributed by atoms with van der Waals surface area (Å²) < 4.78 is 0. The first-order chi connectivity index (χ1) is 11.9. The first-order valence-electron chi connectivity index (χ1n) is 9.42. The van der Waals surface area contributed by atoms with E-state index in [1.807, 2.05) is 6.07 Å². The topological polar surface area (TPSA) is 24.1 Å². The fraction of sp³-hybridized carbons (Fsp3) is 0.455. The van der Waals surface area contributed by atoms with Crippen LogP contribution in [0.15, 0.2) is 42.5 Å². The number of rotatable bonds is 8. The average molecular weight is 319 g/mol. The van der Waals surface area contributed by atoms with Crippen LogP contribution in [-0.4, -0.2) is 12.6 Å². The Bertz CT molecular complexity index is 671. The second-order valence-corrected chi connectivity index (χ2v) is 7.30. The van der Waals surface area contributed by atoms with Crippen molar-refractivity contribution in [2.45, 2.75) is 51.2 Å². The molecule has 0 aromatic heterocycles. The molecule has 2 aromatic carbocycles. The van der Waals surface area contributed by atoms with Crippen LogP contribution in [0.4, 0.5) is 0 Å². The van der Waals surface area contributed by atoms with Crippen LogP contribution < -0.4 is 10.6 Å². The van der Waals surface area contributed by atoms with E-state index < -0.39 is 0 Å². The largest absolute Gasteiger partial charge is 0.312 e. The van der Waals surface area contributed by atoms with E-state index in [-0.39, 0.29) is 0 Å². The van der Waals surface area contributed by atoms with Gasteiger partial charge in [-0.3, -0.25) is 0 Å². The van der Waals surface area contributed by atoms with Gasteiger partial charge in [0.2, 0.25) is 0 Å². The van der Waals surface area contributed by atoms with Crippen LogP contribution >= 0.6 is 0 Å². The lowest BCUT2D eigenvalue weighted by atomic mass is 9.92.